The van der Waals surface area contributed by atoms with E-state index in [0.29, 0.717) is 12.3 Å². The minimum atomic E-state index is -0.467. The topological polar surface area (TPSA) is 69.4 Å². The molecule has 20 heavy (non-hydrogen) atoms. The number of esters is 1. The summed E-state index contributed by atoms with van der Waals surface area (Å²) in [5, 5.41) is 0. The van der Waals surface area contributed by atoms with Gasteiger partial charge in [-0.05, 0) is 25.1 Å². The van der Waals surface area contributed by atoms with E-state index in [4.69, 9.17) is 4.74 Å². The average molecular weight is 268 g/mol. The molecule has 0 amide bonds. The van der Waals surface area contributed by atoms with Crippen LogP contribution in [0.5, 0.6) is 0 Å². The number of pyridine rings is 1. The molecule has 0 N–H and O–H groups in total. The van der Waals surface area contributed by atoms with Gasteiger partial charge in [-0.15, -0.1) is 0 Å². The number of rotatable bonds is 3. The maximum absolute atomic E-state index is 11.8. The van der Waals surface area contributed by atoms with Gasteiger partial charge >= 0.3 is 5.97 Å². The largest absolute Gasteiger partial charge is 0.461 e. The molecule has 0 aliphatic heterocycles. The molecule has 3 aromatic rings. The van der Waals surface area contributed by atoms with Crippen LogP contribution in [0.2, 0.25) is 0 Å². The number of fused-ring (bicyclic) bond motifs is 1. The zero-order valence-corrected chi connectivity index (χ0v) is 10.9. The maximum atomic E-state index is 11.8. The zero-order chi connectivity index (χ0) is 13.9. The van der Waals surface area contributed by atoms with Crippen molar-refractivity contribution in [2.45, 2.75) is 6.92 Å². The summed E-state index contributed by atoms with van der Waals surface area (Å²) < 4.78 is 6.73. The Labute approximate surface area is 115 Å². The van der Waals surface area contributed by atoms with Crippen LogP contribution in [-0.4, -0.2) is 31.9 Å². The SMILES string of the molecule is CCOC(=O)c1ncn2c(-c3cccnc3)ccnc12. The molecule has 6 heteroatoms. The number of aromatic nitrogens is 4. The van der Waals surface area contributed by atoms with E-state index in [1.165, 1.54) is 0 Å². The second kappa shape index (κ2) is 5.08. The molecule has 0 aromatic carbocycles. The van der Waals surface area contributed by atoms with Crippen molar-refractivity contribution >= 4 is 11.6 Å². The third-order valence-corrected chi connectivity index (χ3v) is 2.86. The quantitative estimate of drug-likeness (QED) is 0.679. The van der Waals surface area contributed by atoms with Crippen LogP contribution in [0, 0.1) is 0 Å². The van der Waals surface area contributed by atoms with Gasteiger partial charge in [-0.3, -0.25) is 9.38 Å². The highest BCUT2D eigenvalue weighted by Gasteiger charge is 2.17. The summed E-state index contributed by atoms with van der Waals surface area (Å²) in [4.78, 5) is 24.2. The lowest BCUT2D eigenvalue weighted by molar-refractivity contribution is 0.0522. The van der Waals surface area contributed by atoms with E-state index >= 15 is 0 Å². The lowest BCUT2D eigenvalue weighted by Gasteiger charge is -2.04. The van der Waals surface area contributed by atoms with Gasteiger partial charge in [0.2, 0.25) is 0 Å². The van der Waals surface area contributed by atoms with Gasteiger partial charge in [0.15, 0.2) is 11.3 Å². The summed E-state index contributed by atoms with van der Waals surface area (Å²) in [5.74, 6) is -0.467. The molecule has 100 valence electrons. The van der Waals surface area contributed by atoms with Gasteiger partial charge in [-0.2, -0.15) is 0 Å². The minimum absolute atomic E-state index is 0.220. The monoisotopic (exact) mass is 268 g/mol. The van der Waals surface area contributed by atoms with E-state index < -0.39 is 5.97 Å². The number of carbonyl (C=O) groups excluding carboxylic acids is 1. The Morgan fingerprint density at radius 3 is 2.95 bits per heavy atom. The van der Waals surface area contributed by atoms with Crippen LogP contribution in [0.25, 0.3) is 16.9 Å². The highest BCUT2D eigenvalue weighted by molar-refractivity contribution is 5.94. The van der Waals surface area contributed by atoms with Crippen LogP contribution in [0.4, 0.5) is 0 Å². The average Bonchev–Trinajstić information content (AvgIpc) is 2.92. The number of imidazole rings is 1. The zero-order valence-electron chi connectivity index (χ0n) is 10.9. The molecule has 3 aromatic heterocycles. The van der Waals surface area contributed by atoms with Crippen molar-refractivity contribution in [3.05, 3.63) is 48.8 Å². The second-order valence-corrected chi connectivity index (χ2v) is 4.08. The number of hydrogen-bond donors (Lipinski definition) is 0. The molecule has 0 aliphatic rings. The summed E-state index contributed by atoms with van der Waals surface area (Å²) in [6.07, 6.45) is 6.66. The molecule has 0 radical (unpaired) electrons. The third-order valence-electron chi connectivity index (χ3n) is 2.86. The number of carbonyl (C=O) groups is 1. The van der Waals surface area contributed by atoms with Gasteiger partial charge in [0, 0.05) is 24.2 Å². The summed E-state index contributed by atoms with van der Waals surface area (Å²) >= 11 is 0. The molecular weight excluding hydrogens is 256 g/mol. The van der Waals surface area contributed by atoms with E-state index in [1.54, 1.807) is 36.2 Å². The van der Waals surface area contributed by atoms with Crippen molar-refractivity contribution in [3.8, 4) is 11.3 Å². The highest BCUT2D eigenvalue weighted by Crippen LogP contribution is 2.20. The van der Waals surface area contributed by atoms with Crippen LogP contribution < -0.4 is 0 Å². The molecule has 0 spiro atoms. The highest BCUT2D eigenvalue weighted by atomic mass is 16.5. The van der Waals surface area contributed by atoms with Crippen molar-refractivity contribution in [3.63, 3.8) is 0 Å². The number of nitrogens with zero attached hydrogens (tertiary/aromatic N) is 4. The lowest BCUT2D eigenvalue weighted by Crippen LogP contribution is -2.06. The van der Waals surface area contributed by atoms with Crippen molar-refractivity contribution < 1.29 is 9.53 Å². The Kier molecular flexibility index (Phi) is 3.12. The van der Waals surface area contributed by atoms with E-state index in [-0.39, 0.29) is 5.69 Å². The van der Waals surface area contributed by atoms with Gasteiger partial charge in [-0.25, -0.2) is 14.8 Å². The van der Waals surface area contributed by atoms with Crippen molar-refractivity contribution in [2.75, 3.05) is 6.61 Å². The minimum Gasteiger partial charge on any atom is -0.461 e. The first kappa shape index (κ1) is 12.3. The molecule has 0 bridgehead atoms. The smallest absolute Gasteiger partial charge is 0.360 e. The number of ether oxygens (including phenoxy) is 1. The van der Waals surface area contributed by atoms with Crippen LogP contribution in [0.15, 0.2) is 43.1 Å². The van der Waals surface area contributed by atoms with Crippen molar-refractivity contribution in [2.24, 2.45) is 0 Å². The summed E-state index contributed by atoms with van der Waals surface area (Å²) in [6, 6.07) is 5.64. The summed E-state index contributed by atoms with van der Waals surface area (Å²) in [5.41, 5.74) is 2.49. The second-order valence-electron chi connectivity index (χ2n) is 4.08. The van der Waals surface area contributed by atoms with Crippen LogP contribution in [0.1, 0.15) is 17.4 Å². The van der Waals surface area contributed by atoms with Crippen LogP contribution >= 0.6 is 0 Å². The van der Waals surface area contributed by atoms with Crippen molar-refractivity contribution in [1.29, 1.82) is 0 Å². The van der Waals surface area contributed by atoms with Gasteiger partial charge in [0.25, 0.3) is 0 Å². The van der Waals surface area contributed by atoms with Gasteiger partial charge in [0.1, 0.15) is 6.33 Å². The molecule has 3 rings (SSSR count). The van der Waals surface area contributed by atoms with E-state index in [1.807, 2.05) is 18.2 Å². The molecule has 0 aliphatic carbocycles. The van der Waals surface area contributed by atoms with Gasteiger partial charge < -0.3 is 4.74 Å². The van der Waals surface area contributed by atoms with Crippen LogP contribution in [-0.2, 0) is 4.74 Å². The maximum Gasteiger partial charge on any atom is 0.360 e. The Bertz CT molecular complexity index is 752. The molecule has 6 nitrogen and oxygen atoms in total. The molecule has 0 saturated carbocycles. The fourth-order valence-electron chi connectivity index (χ4n) is 1.99. The Balaban J connectivity index is 2.15. The third kappa shape index (κ3) is 2.01. The Morgan fingerprint density at radius 1 is 1.30 bits per heavy atom. The van der Waals surface area contributed by atoms with Gasteiger partial charge in [0.05, 0.1) is 12.3 Å². The van der Waals surface area contributed by atoms with Gasteiger partial charge in [-0.1, -0.05) is 0 Å². The first-order valence-electron chi connectivity index (χ1n) is 6.21. The first-order valence-corrected chi connectivity index (χ1v) is 6.21. The summed E-state index contributed by atoms with van der Waals surface area (Å²) in [7, 11) is 0. The molecular formula is C14H12N4O2. The predicted molar refractivity (Wildman–Crippen MR) is 72.2 cm³/mol. The molecule has 0 saturated heterocycles. The molecule has 0 fully saturated rings. The van der Waals surface area contributed by atoms with E-state index in [0.717, 1.165) is 11.3 Å². The summed E-state index contributed by atoms with van der Waals surface area (Å²) in [6.45, 7) is 2.06. The fraction of sp³-hybridized carbons (Fsp3) is 0.143. The molecule has 0 atom stereocenters. The number of hydrogen-bond acceptors (Lipinski definition) is 5. The van der Waals surface area contributed by atoms with E-state index in [2.05, 4.69) is 15.0 Å². The molecule has 3 heterocycles. The fourth-order valence-corrected chi connectivity index (χ4v) is 1.99. The Hall–Kier alpha value is -2.76. The van der Waals surface area contributed by atoms with Crippen LogP contribution in [0.3, 0.4) is 0 Å². The Morgan fingerprint density at radius 2 is 2.20 bits per heavy atom. The lowest BCUT2D eigenvalue weighted by atomic mass is 10.2. The molecule has 0 unspecified atom stereocenters. The normalized spacial score (nSPS) is 10.7. The van der Waals surface area contributed by atoms with Crippen molar-refractivity contribution in [1.82, 2.24) is 19.4 Å². The predicted octanol–water partition coefficient (Wildman–Crippen LogP) is 1.97. The first-order chi connectivity index (χ1) is 9.81. The standard InChI is InChI=1S/C14H12N4O2/c1-2-20-14(19)12-13-16-7-5-11(18(13)9-17-12)10-4-3-6-15-8-10/h3-9H,2H2,1H3. The van der Waals surface area contributed by atoms with E-state index in [9.17, 15) is 4.79 Å².